The number of anilines is 1. The largest absolute Gasteiger partial charge is 0.393 e. The van der Waals surface area contributed by atoms with Crippen LogP contribution in [-0.4, -0.2) is 19.3 Å². The molecule has 0 spiro atoms. The molecule has 0 radical (unpaired) electrons. The minimum absolute atomic E-state index is 0.0329. The third-order valence-electron chi connectivity index (χ3n) is 3.41. The van der Waals surface area contributed by atoms with E-state index in [0.29, 0.717) is 23.3 Å². The Balaban J connectivity index is 2.22. The van der Waals surface area contributed by atoms with Crippen molar-refractivity contribution in [1.82, 2.24) is 0 Å². The summed E-state index contributed by atoms with van der Waals surface area (Å²) in [5.74, 6) is -1.24. The first-order chi connectivity index (χ1) is 8.91. The predicted molar refractivity (Wildman–Crippen MR) is 75.1 cm³/mol. The molecule has 0 aliphatic carbocycles. The highest BCUT2D eigenvalue weighted by atomic mass is 79.9. The molecule has 1 aromatic rings. The lowest BCUT2D eigenvalue weighted by Gasteiger charge is -2.36. The second-order valence-electron chi connectivity index (χ2n) is 4.73. The first-order valence-electron chi connectivity index (χ1n) is 6.08. The number of rotatable bonds is 2. The first-order valence-corrected chi connectivity index (χ1v) is 7.58. The SMILES string of the molecule is FC(F)(F)C1CCCN(c2ccc(Cl)cc2CBr)C1. The molecule has 1 unspecified atom stereocenters. The average Bonchev–Trinajstić information content (AvgIpc) is 2.37. The lowest BCUT2D eigenvalue weighted by atomic mass is 9.96. The minimum Gasteiger partial charge on any atom is -0.371 e. The van der Waals surface area contributed by atoms with E-state index in [2.05, 4.69) is 15.9 Å². The van der Waals surface area contributed by atoms with E-state index in [4.69, 9.17) is 11.6 Å². The van der Waals surface area contributed by atoms with Gasteiger partial charge in [-0.05, 0) is 36.6 Å². The fourth-order valence-electron chi connectivity index (χ4n) is 2.43. The Labute approximate surface area is 123 Å². The van der Waals surface area contributed by atoms with Gasteiger partial charge < -0.3 is 4.90 Å². The van der Waals surface area contributed by atoms with E-state index in [-0.39, 0.29) is 13.0 Å². The monoisotopic (exact) mass is 355 g/mol. The van der Waals surface area contributed by atoms with Crippen LogP contribution < -0.4 is 4.90 Å². The smallest absolute Gasteiger partial charge is 0.371 e. The van der Waals surface area contributed by atoms with Crippen LogP contribution in [0.15, 0.2) is 18.2 Å². The maximum atomic E-state index is 12.8. The molecule has 106 valence electrons. The summed E-state index contributed by atoms with van der Waals surface area (Å²) in [5.41, 5.74) is 1.77. The molecule has 1 aromatic carbocycles. The van der Waals surface area contributed by atoms with E-state index in [1.54, 1.807) is 18.2 Å². The Morgan fingerprint density at radius 2 is 2.11 bits per heavy atom. The highest BCUT2D eigenvalue weighted by molar-refractivity contribution is 9.08. The molecule has 0 bridgehead atoms. The van der Waals surface area contributed by atoms with Crippen molar-refractivity contribution in [2.45, 2.75) is 24.3 Å². The molecule has 0 N–H and O–H groups in total. The Bertz CT molecular complexity index is 450. The average molecular weight is 357 g/mol. The summed E-state index contributed by atoms with van der Waals surface area (Å²) in [6.45, 7) is 0.694. The van der Waals surface area contributed by atoms with Crippen LogP contribution in [0.4, 0.5) is 18.9 Å². The van der Waals surface area contributed by atoms with Gasteiger partial charge in [-0.25, -0.2) is 0 Å². The number of halogens is 5. The van der Waals surface area contributed by atoms with Gasteiger partial charge in [0, 0.05) is 29.1 Å². The number of piperidine rings is 1. The normalized spacial score (nSPS) is 20.7. The summed E-state index contributed by atoms with van der Waals surface area (Å²) >= 11 is 9.27. The predicted octanol–water partition coefficient (Wildman–Crippen LogP) is 5.01. The van der Waals surface area contributed by atoms with E-state index >= 15 is 0 Å². The number of nitrogens with zero attached hydrogens (tertiary/aromatic N) is 1. The van der Waals surface area contributed by atoms with Gasteiger partial charge in [0.1, 0.15) is 0 Å². The summed E-state index contributed by atoms with van der Waals surface area (Å²) < 4.78 is 38.5. The van der Waals surface area contributed by atoms with Gasteiger partial charge in [0.25, 0.3) is 0 Å². The molecule has 1 aliphatic rings. The molecule has 1 atom stereocenters. The molecule has 1 fully saturated rings. The second kappa shape index (κ2) is 5.92. The van der Waals surface area contributed by atoms with Crippen molar-refractivity contribution in [2.24, 2.45) is 5.92 Å². The zero-order chi connectivity index (χ0) is 14.0. The first kappa shape index (κ1) is 15.0. The highest BCUT2D eigenvalue weighted by Crippen LogP contribution is 2.36. The van der Waals surface area contributed by atoms with Crippen molar-refractivity contribution in [3.05, 3.63) is 28.8 Å². The van der Waals surface area contributed by atoms with Crippen molar-refractivity contribution < 1.29 is 13.2 Å². The zero-order valence-corrected chi connectivity index (χ0v) is 12.5. The van der Waals surface area contributed by atoms with E-state index in [9.17, 15) is 13.2 Å². The molecule has 0 amide bonds. The maximum absolute atomic E-state index is 12.8. The van der Waals surface area contributed by atoms with Crippen molar-refractivity contribution in [3.8, 4) is 0 Å². The van der Waals surface area contributed by atoms with Gasteiger partial charge in [-0.15, -0.1) is 0 Å². The summed E-state index contributed by atoms with van der Waals surface area (Å²) in [5, 5.41) is 1.18. The van der Waals surface area contributed by atoms with E-state index in [0.717, 1.165) is 11.3 Å². The molecule has 1 nitrogen and oxygen atoms in total. The van der Waals surface area contributed by atoms with Crippen molar-refractivity contribution in [2.75, 3.05) is 18.0 Å². The summed E-state index contributed by atoms with van der Waals surface area (Å²) in [7, 11) is 0. The van der Waals surface area contributed by atoms with Crippen LogP contribution >= 0.6 is 27.5 Å². The lowest BCUT2D eigenvalue weighted by molar-refractivity contribution is -0.175. The molecule has 0 saturated carbocycles. The van der Waals surface area contributed by atoms with Gasteiger partial charge in [0.2, 0.25) is 0 Å². The fourth-order valence-corrected chi connectivity index (χ4v) is 3.08. The van der Waals surface area contributed by atoms with Crippen LogP contribution in [0, 0.1) is 5.92 Å². The molecule has 6 heteroatoms. The van der Waals surface area contributed by atoms with Gasteiger partial charge >= 0.3 is 6.18 Å². The van der Waals surface area contributed by atoms with Crippen LogP contribution in [0.5, 0.6) is 0 Å². The maximum Gasteiger partial charge on any atom is 0.393 e. The van der Waals surface area contributed by atoms with Crippen LogP contribution in [0.2, 0.25) is 5.02 Å². The lowest BCUT2D eigenvalue weighted by Crippen LogP contribution is -2.42. The zero-order valence-electron chi connectivity index (χ0n) is 10.2. The van der Waals surface area contributed by atoms with Gasteiger partial charge in [-0.2, -0.15) is 13.2 Å². The molecule has 2 rings (SSSR count). The van der Waals surface area contributed by atoms with Crippen LogP contribution in [-0.2, 0) is 5.33 Å². The van der Waals surface area contributed by atoms with Crippen LogP contribution in [0.1, 0.15) is 18.4 Å². The molecule has 19 heavy (non-hydrogen) atoms. The Morgan fingerprint density at radius 1 is 1.37 bits per heavy atom. The highest BCUT2D eigenvalue weighted by Gasteiger charge is 2.42. The quantitative estimate of drug-likeness (QED) is 0.673. The van der Waals surface area contributed by atoms with Gasteiger partial charge in [0.05, 0.1) is 5.92 Å². The Kier molecular flexibility index (Phi) is 4.66. The Hall–Kier alpha value is -0.420. The summed E-state index contributed by atoms with van der Waals surface area (Å²) in [6, 6.07) is 5.32. The summed E-state index contributed by atoms with van der Waals surface area (Å²) in [4.78, 5) is 1.81. The van der Waals surface area contributed by atoms with E-state index in [1.807, 2.05) is 4.90 Å². The molecular formula is C13H14BrClF3N. The van der Waals surface area contributed by atoms with Crippen LogP contribution in [0.3, 0.4) is 0 Å². The molecule has 1 heterocycles. The molecule has 1 aliphatic heterocycles. The second-order valence-corrected chi connectivity index (χ2v) is 5.73. The van der Waals surface area contributed by atoms with E-state index in [1.165, 1.54) is 0 Å². The van der Waals surface area contributed by atoms with Crippen molar-refractivity contribution in [1.29, 1.82) is 0 Å². The standard InChI is InChI=1S/C13H14BrClF3N/c14-7-9-6-11(15)3-4-12(9)19-5-1-2-10(8-19)13(16,17)18/h3-4,6,10H,1-2,5,7-8H2. The fraction of sp³-hybridized carbons (Fsp3) is 0.538. The topological polar surface area (TPSA) is 3.24 Å². The molecule has 1 saturated heterocycles. The third kappa shape index (κ3) is 3.57. The number of alkyl halides is 4. The molecular weight excluding hydrogens is 343 g/mol. The number of hydrogen-bond acceptors (Lipinski definition) is 1. The number of benzene rings is 1. The van der Waals surface area contributed by atoms with Gasteiger partial charge in [-0.3, -0.25) is 0 Å². The van der Waals surface area contributed by atoms with E-state index < -0.39 is 12.1 Å². The van der Waals surface area contributed by atoms with Crippen molar-refractivity contribution >= 4 is 33.2 Å². The third-order valence-corrected chi connectivity index (χ3v) is 4.25. The Morgan fingerprint density at radius 3 is 2.74 bits per heavy atom. The summed E-state index contributed by atoms with van der Waals surface area (Å²) in [6.07, 6.45) is -3.33. The van der Waals surface area contributed by atoms with Crippen LogP contribution in [0.25, 0.3) is 0 Å². The van der Waals surface area contributed by atoms with Crippen molar-refractivity contribution in [3.63, 3.8) is 0 Å². The molecule has 0 aromatic heterocycles. The minimum atomic E-state index is -4.11. The van der Waals surface area contributed by atoms with Gasteiger partial charge in [0.15, 0.2) is 0 Å². The number of hydrogen-bond donors (Lipinski definition) is 0. The van der Waals surface area contributed by atoms with Gasteiger partial charge in [-0.1, -0.05) is 27.5 Å².